The van der Waals surface area contributed by atoms with E-state index >= 15 is 0 Å². The average Bonchev–Trinajstić information content (AvgIpc) is 2.20. The molecular formula is C14H23BO3. The third-order valence-electron chi connectivity index (χ3n) is 2.02. The van der Waals surface area contributed by atoms with Crippen LogP contribution >= 0.6 is 0 Å². The van der Waals surface area contributed by atoms with Gasteiger partial charge in [-0.15, -0.1) is 0 Å². The fourth-order valence-corrected chi connectivity index (χ4v) is 1.54. The van der Waals surface area contributed by atoms with Gasteiger partial charge in [-0.05, 0) is 0 Å². The second-order valence-corrected chi connectivity index (χ2v) is 5.08. The molecule has 0 fully saturated rings. The van der Waals surface area contributed by atoms with Crippen molar-refractivity contribution in [2.24, 2.45) is 0 Å². The molecule has 0 saturated carbocycles. The molecule has 1 heterocycles. The molecule has 0 aliphatic heterocycles. The van der Waals surface area contributed by atoms with Crippen molar-refractivity contribution in [3.05, 3.63) is 12.0 Å². The molecule has 0 unspecified atom stereocenters. The molecule has 0 aromatic carbocycles. The van der Waals surface area contributed by atoms with Crippen molar-refractivity contribution < 1.29 is 14.2 Å². The van der Waals surface area contributed by atoms with Crippen LogP contribution in [0, 0.1) is 0 Å². The molecule has 4 heteroatoms. The number of ether oxygens (including phenoxy) is 3. The van der Waals surface area contributed by atoms with Crippen LogP contribution < -0.4 is 14.2 Å². The molecule has 0 bridgehead atoms. The average molecular weight is 250 g/mol. The third kappa shape index (κ3) is 4.59. The van der Waals surface area contributed by atoms with Gasteiger partial charge in [0.25, 0.3) is 0 Å². The summed E-state index contributed by atoms with van der Waals surface area (Å²) in [7, 11) is 0. The second-order valence-electron chi connectivity index (χ2n) is 5.08. The Morgan fingerprint density at radius 3 is 1.89 bits per heavy atom. The topological polar surface area (TPSA) is 27.7 Å². The van der Waals surface area contributed by atoms with Crippen LogP contribution in [0.15, 0.2) is 12.0 Å². The minimum atomic E-state index is 0.0800. The first-order chi connectivity index (χ1) is 8.40. The van der Waals surface area contributed by atoms with E-state index in [1.165, 1.54) is 0 Å². The van der Waals surface area contributed by atoms with Gasteiger partial charge in [0.05, 0.1) is 0 Å². The second kappa shape index (κ2) is 6.67. The fourth-order valence-electron chi connectivity index (χ4n) is 1.54. The van der Waals surface area contributed by atoms with Crippen molar-refractivity contribution in [2.75, 3.05) is 0 Å². The molecule has 18 heavy (non-hydrogen) atoms. The van der Waals surface area contributed by atoms with Crippen molar-refractivity contribution in [2.45, 2.75) is 59.9 Å². The molecule has 100 valence electrons. The van der Waals surface area contributed by atoms with Crippen LogP contribution in [0.5, 0.6) is 17.1 Å². The summed E-state index contributed by atoms with van der Waals surface area (Å²) in [5.41, 5.74) is 0.733. The molecule has 0 aliphatic rings. The summed E-state index contributed by atoms with van der Waals surface area (Å²) in [4.78, 5) is 0. The first-order valence-corrected chi connectivity index (χ1v) is 6.53. The van der Waals surface area contributed by atoms with E-state index in [0.29, 0.717) is 5.75 Å². The van der Waals surface area contributed by atoms with Gasteiger partial charge in [0.1, 0.15) is 0 Å². The summed E-state index contributed by atoms with van der Waals surface area (Å²) in [6.45, 7) is 13.9. The minimum absolute atomic E-state index is 0.0800. The monoisotopic (exact) mass is 250 g/mol. The molecule has 0 aliphatic carbocycles. The molecule has 0 radical (unpaired) electrons. The SMILES string of the molecule is CC(C)Oc1bccc(OC(C)C)c1OC(C)C. The Morgan fingerprint density at radius 2 is 1.39 bits per heavy atom. The zero-order valence-electron chi connectivity index (χ0n) is 12.2. The van der Waals surface area contributed by atoms with Crippen LogP contribution in [0.25, 0.3) is 0 Å². The van der Waals surface area contributed by atoms with Crippen LogP contribution in [0.4, 0.5) is 0 Å². The van der Waals surface area contributed by atoms with Crippen LogP contribution in [-0.4, -0.2) is 25.2 Å². The van der Waals surface area contributed by atoms with Gasteiger partial charge in [-0.3, -0.25) is 0 Å². The van der Waals surface area contributed by atoms with E-state index in [0.717, 1.165) is 11.4 Å². The molecule has 0 spiro atoms. The Balaban J connectivity index is 3.08. The zero-order valence-corrected chi connectivity index (χ0v) is 12.2. The van der Waals surface area contributed by atoms with E-state index in [2.05, 4.69) is 0 Å². The number of hydrogen-bond acceptors (Lipinski definition) is 3. The predicted molar refractivity (Wildman–Crippen MR) is 75.1 cm³/mol. The van der Waals surface area contributed by atoms with Gasteiger partial charge in [-0.1, -0.05) is 0 Å². The molecule has 1 aromatic heterocycles. The molecule has 3 nitrogen and oxygen atoms in total. The van der Waals surface area contributed by atoms with Crippen LogP contribution in [-0.2, 0) is 0 Å². The Kier molecular flexibility index (Phi) is 5.51. The van der Waals surface area contributed by atoms with Crippen LogP contribution in [0.2, 0.25) is 0 Å². The summed E-state index contributed by atoms with van der Waals surface area (Å²) < 4.78 is 17.4. The normalized spacial score (nSPS) is 10.9. The first-order valence-electron chi connectivity index (χ1n) is 6.53. The Bertz CT molecular complexity index is 347. The summed E-state index contributed by atoms with van der Waals surface area (Å²) in [6, 6.07) is 1.91. The van der Waals surface area contributed by atoms with Crippen molar-refractivity contribution in [3.63, 3.8) is 0 Å². The molecule has 0 saturated heterocycles. The van der Waals surface area contributed by atoms with Gasteiger partial charge in [0.15, 0.2) is 0 Å². The Labute approximate surface area is 111 Å². The van der Waals surface area contributed by atoms with Gasteiger partial charge >= 0.3 is 110 Å². The van der Waals surface area contributed by atoms with Crippen molar-refractivity contribution >= 4 is 6.91 Å². The van der Waals surface area contributed by atoms with E-state index in [-0.39, 0.29) is 18.3 Å². The molecule has 0 N–H and O–H groups in total. The molecule has 1 rings (SSSR count). The van der Waals surface area contributed by atoms with Gasteiger partial charge in [0.2, 0.25) is 0 Å². The van der Waals surface area contributed by atoms with Gasteiger partial charge in [-0.25, -0.2) is 0 Å². The maximum atomic E-state index is 5.83. The Morgan fingerprint density at radius 1 is 0.833 bits per heavy atom. The third-order valence-corrected chi connectivity index (χ3v) is 2.02. The van der Waals surface area contributed by atoms with E-state index in [9.17, 15) is 0 Å². The van der Waals surface area contributed by atoms with Crippen molar-refractivity contribution in [3.8, 4) is 17.1 Å². The molecular weight excluding hydrogens is 227 g/mol. The summed E-state index contributed by atoms with van der Waals surface area (Å²) >= 11 is 0. The quantitative estimate of drug-likeness (QED) is 0.774. The standard InChI is InChI=1S/C14H23BO3/c1-9(2)16-12-7-8-15-14(18-11(5)6)13(12)17-10(3)4/h7-11H,1-6H3. The number of rotatable bonds is 6. The summed E-state index contributed by atoms with van der Waals surface area (Å²) in [5, 5.41) is 0. The Hall–Kier alpha value is -1.19. The maximum absolute atomic E-state index is 5.83. The van der Waals surface area contributed by atoms with E-state index < -0.39 is 0 Å². The fraction of sp³-hybridized carbons (Fsp3) is 0.643. The van der Waals surface area contributed by atoms with Crippen LogP contribution in [0.1, 0.15) is 41.5 Å². The zero-order chi connectivity index (χ0) is 13.7. The number of hydrogen-bond donors (Lipinski definition) is 0. The first kappa shape index (κ1) is 14.9. The summed E-state index contributed by atoms with van der Waals surface area (Å²) in [5.74, 6) is 3.34. The van der Waals surface area contributed by atoms with E-state index in [1.807, 2.05) is 60.5 Å². The van der Waals surface area contributed by atoms with E-state index in [1.54, 1.807) is 0 Å². The predicted octanol–water partition coefficient (Wildman–Crippen LogP) is 3.39. The van der Waals surface area contributed by atoms with E-state index in [4.69, 9.17) is 14.2 Å². The molecule has 0 atom stereocenters. The van der Waals surface area contributed by atoms with Crippen molar-refractivity contribution in [1.29, 1.82) is 0 Å². The van der Waals surface area contributed by atoms with Gasteiger partial charge < -0.3 is 0 Å². The van der Waals surface area contributed by atoms with Crippen LogP contribution in [0.3, 0.4) is 0 Å². The van der Waals surface area contributed by atoms with Crippen molar-refractivity contribution in [1.82, 2.24) is 0 Å². The van der Waals surface area contributed by atoms with Gasteiger partial charge in [-0.2, -0.15) is 0 Å². The summed E-state index contributed by atoms with van der Waals surface area (Å²) in [6.07, 6.45) is 0.291. The molecule has 0 amide bonds. The van der Waals surface area contributed by atoms with Gasteiger partial charge in [0, 0.05) is 0 Å². The molecule has 1 aromatic rings.